The predicted octanol–water partition coefficient (Wildman–Crippen LogP) is 5.71. The molecule has 0 atom stereocenters. The van der Waals surface area contributed by atoms with Crippen LogP contribution in [-0.4, -0.2) is 18.2 Å². The average molecular weight is 458 g/mol. The van der Waals surface area contributed by atoms with E-state index in [-0.39, 0.29) is 15.6 Å². The maximum atomic E-state index is 13.3. The van der Waals surface area contributed by atoms with Crippen LogP contribution in [0.1, 0.15) is 5.56 Å². The molecule has 0 aliphatic rings. The fourth-order valence-electron chi connectivity index (χ4n) is 3.02. The molecule has 0 amide bonds. The summed E-state index contributed by atoms with van der Waals surface area (Å²) < 4.78 is 30.7. The molecule has 1 aromatic heterocycles. The number of anilines is 1. The summed E-state index contributed by atoms with van der Waals surface area (Å²) >= 11 is 12.2. The molecule has 0 unspecified atom stereocenters. The van der Waals surface area contributed by atoms with Gasteiger partial charge >= 0.3 is 0 Å². The Hall–Kier alpha value is -2.80. The number of nitrogens with zero attached hydrogens (tertiary/aromatic N) is 2. The third kappa shape index (κ3) is 4.51. The van der Waals surface area contributed by atoms with Crippen LogP contribution in [0.5, 0.6) is 0 Å². The second kappa shape index (κ2) is 8.52. The Morgan fingerprint density at radius 2 is 1.57 bits per heavy atom. The molecule has 1 heterocycles. The molecule has 0 saturated heterocycles. The lowest BCUT2D eigenvalue weighted by atomic mass is 10.2. The lowest BCUT2D eigenvalue weighted by Gasteiger charge is -2.10. The highest BCUT2D eigenvalue weighted by Gasteiger charge is 2.25. The van der Waals surface area contributed by atoms with E-state index in [1.807, 2.05) is 60.7 Å². The third-order valence-corrected chi connectivity index (χ3v) is 6.36. The molecule has 0 radical (unpaired) electrons. The quantitative estimate of drug-likeness (QED) is 0.403. The van der Waals surface area contributed by atoms with Gasteiger partial charge < -0.3 is 0 Å². The van der Waals surface area contributed by atoms with Gasteiger partial charge in [-0.2, -0.15) is 5.10 Å². The van der Waals surface area contributed by atoms with E-state index in [0.29, 0.717) is 22.8 Å². The first-order valence-electron chi connectivity index (χ1n) is 9.07. The summed E-state index contributed by atoms with van der Waals surface area (Å²) in [4.78, 5) is 0.0562. The van der Waals surface area contributed by atoms with Crippen LogP contribution in [0.3, 0.4) is 0 Å². The van der Waals surface area contributed by atoms with E-state index in [1.165, 1.54) is 12.3 Å². The molecule has 4 aromatic rings. The molecule has 0 aliphatic heterocycles. The van der Waals surface area contributed by atoms with Crippen LogP contribution < -0.4 is 4.72 Å². The summed E-state index contributed by atoms with van der Waals surface area (Å²) in [6.07, 6.45) is 1.52. The van der Waals surface area contributed by atoms with Crippen molar-refractivity contribution >= 4 is 38.9 Å². The third-order valence-electron chi connectivity index (χ3n) is 4.42. The molecule has 0 fully saturated rings. The van der Waals surface area contributed by atoms with E-state index >= 15 is 0 Å². The molecule has 0 spiro atoms. The second-order valence-corrected chi connectivity index (χ2v) is 9.12. The largest absolute Gasteiger partial charge is 0.278 e. The predicted molar refractivity (Wildman–Crippen MR) is 120 cm³/mol. The molecule has 4 rings (SSSR count). The molecule has 0 saturated carbocycles. The first-order valence-corrected chi connectivity index (χ1v) is 11.3. The zero-order valence-electron chi connectivity index (χ0n) is 15.7. The standard InChI is InChI=1S/C22H17Cl2N3O2S/c23-18-11-12-19(24)20(13-18)26-30(28,29)21-15-27(14-16-7-3-1-4-8-16)25-22(21)17-9-5-2-6-10-17/h1-13,15,26H,14H2. The number of benzene rings is 3. The van der Waals surface area contributed by atoms with Crippen molar-refractivity contribution in [2.75, 3.05) is 4.72 Å². The van der Waals surface area contributed by atoms with Gasteiger partial charge in [0.25, 0.3) is 10.0 Å². The van der Waals surface area contributed by atoms with Crippen molar-refractivity contribution in [3.63, 3.8) is 0 Å². The molecule has 5 nitrogen and oxygen atoms in total. The van der Waals surface area contributed by atoms with Crippen molar-refractivity contribution in [2.45, 2.75) is 11.4 Å². The number of aromatic nitrogens is 2. The Kier molecular flexibility index (Phi) is 5.81. The Bertz CT molecular complexity index is 1270. The molecular weight excluding hydrogens is 441 g/mol. The molecule has 3 aromatic carbocycles. The van der Waals surface area contributed by atoms with Crippen LogP contribution in [0.4, 0.5) is 5.69 Å². The highest BCUT2D eigenvalue weighted by molar-refractivity contribution is 7.92. The number of halogens is 2. The lowest BCUT2D eigenvalue weighted by molar-refractivity contribution is 0.601. The number of hydrogen-bond acceptors (Lipinski definition) is 3. The molecule has 152 valence electrons. The monoisotopic (exact) mass is 457 g/mol. The molecular formula is C22H17Cl2N3O2S. The Balaban J connectivity index is 1.77. The zero-order valence-corrected chi connectivity index (χ0v) is 18.0. The Morgan fingerprint density at radius 3 is 2.27 bits per heavy atom. The van der Waals surface area contributed by atoms with Crippen molar-refractivity contribution < 1.29 is 8.42 Å². The van der Waals surface area contributed by atoms with E-state index in [9.17, 15) is 8.42 Å². The Morgan fingerprint density at radius 1 is 0.900 bits per heavy atom. The van der Waals surface area contributed by atoms with Crippen LogP contribution in [0, 0.1) is 0 Å². The molecule has 0 aliphatic carbocycles. The van der Waals surface area contributed by atoms with Crippen molar-refractivity contribution in [2.24, 2.45) is 0 Å². The fourth-order valence-corrected chi connectivity index (χ4v) is 4.66. The molecule has 0 bridgehead atoms. The molecule has 8 heteroatoms. The summed E-state index contributed by atoms with van der Waals surface area (Å²) in [7, 11) is -3.98. The van der Waals surface area contributed by atoms with Gasteiger partial charge in [0.2, 0.25) is 0 Å². The number of rotatable bonds is 6. The summed E-state index contributed by atoms with van der Waals surface area (Å²) in [6.45, 7) is 0.439. The minimum absolute atomic E-state index is 0.0562. The lowest BCUT2D eigenvalue weighted by Crippen LogP contribution is -2.13. The van der Waals surface area contributed by atoms with Crippen molar-refractivity contribution in [3.05, 3.63) is 101 Å². The summed E-state index contributed by atoms with van der Waals surface area (Å²) in [5, 5.41) is 5.19. The summed E-state index contributed by atoms with van der Waals surface area (Å²) in [6, 6.07) is 23.5. The maximum Gasteiger partial charge on any atom is 0.265 e. The first kappa shape index (κ1) is 20.5. The van der Waals surface area contributed by atoms with Gasteiger partial charge in [-0.25, -0.2) is 8.42 Å². The smallest absolute Gasteiger partial charge is 0.265 e. The normalized spacial score (nSPS) is 11.4. The van der Waals surface area contributed by atoms with Crippen LogP contribution in [0.2, 0.25) is 10.0 Å². The highest BCUT2D eigenvalue weighted by Crippen LogP contribution is 2.31. The Labute approximate surface area is 184 Å². The van der Waals surface area contributed by atoms with E-state index in [4.69, 9.17) is 23.2 Å². The number of nitrogens with one attached hydrogen (secondary N) is 1. The van der Waals surface area contributed by atoms with Crippen molar-refractivity contribution in [1.29, 1.82) is 0 Å². The van der Waals surface area contributed by atoms with E-state index in [0.717, 1.165) is 5.56 Å². The van der Waals surface area contributed by atoms with Gasteiger partial charge in [0.05, 0.1) is 17.3 Å². The van der Waals surface area contributed by atoms with Crippen LogP contribution in [0.25, 0.3) is 11.3 Å². The van der Waals surface area contributed by atoms with Gasteiger partial charge in [0, 0.05) is 16.8 Å². The minimum atomic E-state index is -3.98. The summed E-state index contributed by atoms with van der Waals surface area (Å²) in [5.41, 5.74) is 2.27. The van der Waals surface area contributed by atoms with Gasteiger partial charge in [0.15, 0.2) is 0 Å². The fraction of sp³-hybridized carbons (Fsp3) is 0.0455. The average Bonchev–Trinajstić information content (AvgIpc) is 3.17. The van der Waals surface area contributed by atoms with E-state index in [1.54, 1.807) is 16.8 Å². The van der Waals surface area contributed by atoms with E-state index in [2.05, 4.69) is 9.82 Å². The van der Waals surface area contributed by atoms with Gasteiger partial charge in [-0.05, 0) is 23.8 Å². The number of sulfonamides is 1. The molecule has 1 N–H and O–H groups in total. The second-order valence-electron chi connectivity index (χ2n) is 6.62. The topological polar surface area (TPSA) is 64.0 Å². The molecule has 30 heavy (non-hydrogen) atoms. The van der Waals surface area contributed by atoms with Gasteiger partial charge in [-0.15, -0.1) is 0 Å². The van der Waals surface area contributed by atoms with Crippen LogP contribution in [-0.2, 0) is 16.6 Å². The minimum Gasteiger partial charge on any atom is -0.278 e. The maximum absolute atomic E-state index is 13.3. The highest BCUT2D eigenvalue weighted by atomic mass is 35.5. The van der Waals surface area contributed by atoms with Crippen molar-refractivity contribution in [1.82, 2.24) is 9.78 Å². The van der Waals surface area contributed by atoms with Crippen molar-refractivity contribution in [3.8, 4) is 11.3 Å². The van der Waals surface area contributed by atoms with Gasteiger partial charge in [-0.1, -0.05) is 83.9 Å². The van der Waals surface area contributed by atoms with Crippen LogP contribution >= 0.6 is 23.2 Å². The SMILES string of the molecule is O=S(=O)(Nc1cc(Cl)ccc1Cl)c1cn(Cc2ccccc2)nc1-c1ccccc1. The first-order chi connectivity index (χ1) is 14.4. The van der Waals surface area contributed by atoms with E-state index < -0.39 is 10.0 Å². The summed E-state index contributed by atoms with van der Waals surface area (Å²) in [5.74, 6) is 0. The zero-order chi connectivity index (χ0) is 21.1. The van der Waals surface area contributed by atoms with Gasteiger partial charge in [0.1, 0.15) is 10.6 Å². The number of hydrogen-bond donors (Lipinski definition) is 1. The van der Waals surface area contributed by atoms with Crippen LogP contribution in [0.15, 0.2) is 90.0 Å². The van der Waals surface area contributed by atoms with Gasteiger partial charge in [-0.3, -0.25) is 9.40 Å².